The van der Waals surface area contributed by atoms with Crippen LogP contribution in [0.25, 0.3) is 0 Å². The molecule has 0 aliphatic carbocycles. The molecule has 2 aromatic carbocycles. The Bertz CT molecular complexity index is 852. The molecule has 1 fully saturated rings. The van der Waals surface area contributed by atoms with Crippen LogP contribution in [0.4, 0.5) is 5.69 Å². The lowest BCUT2D eigenvalue weighted by molar-refractivity contribution is -0.129. The Balaban J connectivity index is 1.64. The van der Waals surface area contributed by atoms with Gasteiger partial charge in [0.1, 0.15) is 5.25 Å². The van der Waals surface area contributed by atoms with Crippen LogP contribution in [0.3, 0.4) is 0 Å². The van der Waals surface area contributed by atoms with Crippen molar-refractivity contribution in [3.8, 4) is 0 Å². The molecule has 1 N–H and O–H groups in total. The van der Waals surface area contributed by atoms with Crippen LogP contribution >= 0.6 is 11.8 Å². The summed E-state index contributed by atoms with van der Waals surface area (Å²) in [6.45, 7) is 4.93. The van der Waals surface area contributed by atoms with E-state index in [1.165, 1.54) is 11.8 Å². The number of amidine groups is 1. The number of hydrogen-bond donors (Lipinski definition) is 1. The fourth-order valence-corrected chi connectivity index (χ4v) is 4.08. The Kier molecular flexibility index (Phi) is 6.29. The number of amides is 2. The maximum absolute atomic E-state index is 12.7. The van der Waals surface area contributed by atoms with Crippen LogP contribution in [0.5, 0.6) is 0 Å². The number of hydrogen-bond acceptors (Lipinski definition) is 4. The molecular weight excluding hydrogens is 358 g/mol. The minimum Gasteiger partial charge on any atom is -0.352 e. The molecule has 2 aromatic rings. The van der Waals surface area contributed by atoms with Crippen molar-refractivity contribution in [2.24, 2.45) is 4.99 Å². The molecule has 2 amide bonds. The first-order valence-electron chi connectivity index (χ1n) is 9.01. The zero-order valence-electron chi connectivity index (χ0n) is 15.5. The highest BCUT2D eigenvalue weighted by Gasteiger charge is 2.38. The maximum atomic E-state index is 12.7. The fraction of sp³-hybridized carbons (Fsp3) is 0.286. The number of aliphatic imine (C=N–C) groups is 1. The summed E-state index contributed by atoms with van der Waals surface area (Å²) in [5, 5.41) is 3.12. The van der Waals surface area contributed by atoms with E-state index in [0.29, 0.717) is 18.3 Å². The Morgan fingerprint density at radius 3 is 2.67 bits per heavy atom. The molecule has 1 aliphatic heterocycles. The lowest BCUT2D eigenvalue weighted by Gasteiger charge is -2.13. The second kappa shape index (κ2) is 8.86. The van der Waals surface area contributed by atoms with Gasteiger partial charge in [-0.2, -0.15) is 0 Å². The third-order valence-electron chi connectivity index (χ3n) is 4.27. The van der Waals surface area contributed by atoms with E-state index in [1.807, 2.05) is 68.4 Å². The predicted octanol–water partition coefficient (Wildman–Crippen LogP) is 3.65. The topological polar surface area (TPSA) is 61.8 Å². The van der Waals surface area contributed by atoms with Crippen LogP contribution < -0.4 is 5.32 Å². The van der Waals surface area contributed by atoms with E-state index < -0.39 is 5.25 Å². The van der Waals surface area contributed by atoms with Gasteiger partial charge in [-0.05, 0) is 37.1 Å². The highest BCUT2D eigenvalue weighted by molar-refractivity contribution is 8.15. The lowest BCUT2D eigenvalue weighted by Crippen LogP contribution is -2.34. The van der Waals surface area contributed by atoms with Crippen molar-refractivity contribution < 1.29 is 9.59 Å². The summed E-state index contributed by atoms with van der Waals surface area (Å²) in [5.74, 6) is -0.179. The highest BCUT2D eigenvalue weighted by Crippen LogP contribution is 2.31. The average Bonchev–Trinajstić information content (AvgIpc) is 2.95. The quantitative estimate of drug-likeness (QED) is 0.831. The summed E-state index contributed by atoms with van der Waals surface area (Å²) in [6.07, 6.45) is 0.152. The molecule has 140 valence electrons. The average molecular weight is 382 g/mol. The summed E-state index contributed by atoms with van der Waals surface area (Å²) in [5.41, 5.74) is 2.97. The highest BCUT2D eigenvalue weighted by atomic mass is 32.2. The van der Waals surface area contributed by atoms with Gasteiger partial charge in [0.15, 0.2) is 5.17 Å². The summed E-state index contributed by atoms with van der Waals surface area (Å²) >= 11 is 1.37. The van der Waals surface area contributed by atoms with Crippen LogP contribution in [0.1, 0.15) is 24.5 Å². The number of carbonyl (C=O) groups is 2. The summed E-state index contributed by atoms with van der Waals surface area (Å²) in [4.78, 5) is 31.2. The van der Waals surface area contributed by atoms with Crippen LogP contribution in [-0.2, 0) is 16.1 Å². The predicted molar refractivity (Wildman–Crippen MR) is 110 cm³/mol. The molecule has 1 saturated heterocycles. The number of benzene rings is 2. The van der Waals surface area contributed by atoms with Crippen molar-refractivity contribution in [2.45, 2.75) is 32.1 Å². The van der Waals surface area contributed by atoms with Gasteiger partial charge in [0.2, 0.25) is 11.8 Å². The number of thioether (sulfide) groups is 1. The van der Waals surface area contributed by atoms with Gasteiger partial charge in [0.25, 0.3) is 0 Å². The first-order chi connectivity index (χ1) is 13.1. The van der Waals surface area contributed by atoms with E-state index in [4.69, 9.17) is 0 Å². The Morgan fingerprint density at radius 2 is 1.96 bits per heavy atom. The largest absolute Gasteiger partial charge is 0.352 e. The molecule has 0 saturated carbocycles. The summed E-state index contributed by atoms with van der Waals surface area (Å²) < 4.78 is 0. The van der Waals surface area contributed by atoms with E-state index in [9.17, 15) is 9.59 Å². The molecule has 1 unspecified atom stereocenters. The number of rotatable bonds is 6. The number of aryl methyl sites for hydroxylation is 1. The van der Waals surface area contributed by atoms with Gasteiger partial charge in [-0.1, -0.05) is 54.2 Å². The van der Waals surface area contributed by atoms with Gasteiger partial charge < -0.3 is 5.32 Å². The van der Waals surface area contributed by atoms with E-state index in [-0.39, 0.29) is 18.2 Å². The summed E-state index contributed by atoms with van der Waals surface area (Å²) in [7, 11) is 0. The second-order valence-electron chi connectivity index (χ2n) is 6.39. The monoisotopic (exact) mass is 381 g/mol. The van der Waals surface area contributed by atoms with Crippen LogP contribution in [0.2, 0.25) is 0 Å². The van der Waals surface area contributed by atoms with Crippen LogP contribution in [0.15, 0.2) is 59.6 Å². The van der Waals surface area contributed by atoms with Crippen molar-refractivity contribution >= 4 is 34.4 Å². The lowest BCUT2D eigenvalue weighted by atomic mass is 10.2. The van der Waals surface area contributed by atoms with Gasteiger partial charge in [0.05, 0.1) is 5.69 Å². The molecule has 1 atom stereocenters. The molecule has 3 rings (SSSR count). The molecule has 27 heavy (non-hydrogen) atoms. The zero-order chi connectivity index (χ0) is 19.2. The van der Waals surface area contributed by atoms with Crippen LogP contribution in [-0.4, -0.2) is 33.7 Å². The molecule has 5 nitrogen and oxygen atoms in total. The molecule has 0 radical (unpaired) electrons. The SMILES string of the molecule is CCN1C(=O)C(CC(=O)NCc2ccccc2)SC1=Nc1cccc(C)c1. The molecule has 6 heteroatoms. The summed E-state index contributed by atoms with van der Waals surface area (Å²) in [6, 6.07) is 17.6. The Hall–Kier alpha value is -2.60. The Morgan fingerprint density at radius 1 is 1.19 bits per heavy atom. The van der Waals surface area contributed by atoms with Crippen molar-refractivity contribution in [2.75, 3.05) is 6.54 Å². The molecule has 0 spiro atoms. The third kappa shape index (κ3) is 4.98. The molecule has 1 aliphatic rings. The molecule has 0 bridgehead atoms. The van der Waals surface area contributed by atoms with Gasteiger partial charge >= 0.3 is 0 Å². The molecule has 1 heterocycles. The third-order valence-corrected chi connectivity index (χ3v) is 5.44. The molecule has 0 aromatic heterocycles. The molecular formula is C21H23N3O2S. The van der Waals surface area contributed by atoms with E-state index >= 15 is 0 Å². The van der Waals surface area contributed by atoms with E-state index in [0.717, 1.165) is 16.8 Å². The second-order valence-corrected chi connectivity index (χ2v) is 7.56. The van der Waals surface area contributed by atoms with Gasteiger partial charge in [-0.3, -0.25) is 14.5 Å². The van der Waals surface area contributed by atoms with Gasteiger partial charge in [-0.25, -0.2) is 4.99 Å². The zero-order valence-corrected chi connectivity index (χ0v) is 16.3. The standard InChI is InChI=1S/C21H23N3O2S/c1-3-24-20(26)18(13-19(25)22-14-16-9-5-4-6-10-16)27-21(24)23-17-11-7-8-15(2)12-17/h4-12,18H,3,13-14H2,1-2H3,(H,22,25). The first kappa shape index (κ1) is 19.2. The van der Waals surface area contributed by atoms with Crippen LogP contribution in [0, 0.1) is 6.92 Å². The Labute approximate surface area is 163 Å². The minimum absolute atomic E-state index is 0.0521. The fourth-order valence-electron chi connectivity index (χ4n) is 2.86. The minimum atomic E-state index is -0.427. The van der Waals surface area contributed by atoms with Crippen molar-refractivity contribution in [3.05, 3.63) is 65.7 Å². The maximum Gasteiger partial charge on any atom is 0.242 e. The number of carbonyl (C=O) groups excluding carboxylic acids is 2. The van der Waals surface area contributed by atoms with Crippen molar-refractivity contribution in [3.63, 3.8) is 0 Å². The van der Waals surface area contributed by atoms with Gasteiger partial charge in [-0.15, -0.1) is 0 Å². The van der Waals surface area contributed by atoms with Crippen molar-refractivity contribution in [1.29, 1.82) is 0 Å². The smallest absolute Gasteiger partial charge is 0.242 e. The van der Waals surface area contributed by atoms with E-state index in [1.54, 1.807) is 4.90 Å². The van der Waals surface area contributed by atoms with Crippen molar-refractivity contribution in [1.82, 2.24) is 10.2 Å². The van der Waals surface area contributed by atoms with Gasteiger partial charge in [0, 0.05) is 19.5 Å². The normalized spacial score (nSPS) is 18.1. The number of nitrogens with zero attached hydrogens (tertiary/aromatic N) is 2. The van der Waals surface area contributed by atoms with E-state index in [2.05, 4.69) is 10.3 Å². The first-order valence-corrected chi connectivity index (χ1v) is 9.89. The number of nitrogens with one attached hydrogen (secondary N) is 1.